The van der Waals surface area contributed by atoms with E-state index in [2.05, 4.69) is 30.3 Å². The standard InChI is InChI=1S/C17H18F2N6O3/c1-26-13-7-10(4-5-12(13)27-17(18)19)14-22-16(28-24-14)15-21-9-25(23-15)11-3-2-6-20-8-11/h4-5,7,9,11,17,20H,2-3,6,8H2,1H3. The van der Waals surface area contributed by atoms with Crippen LogP contribution in [0.25, 0.3) is 23.1 Å². The van der Waals surface area contributed by atoms with Crippen molar-refractivity contribution in [3.63, 3.8) is 0 Å². The van der Waals surface area contributed by atoms with Crippen molar-refractivity contribution in [1.82, 2.24) is 30.2 Å². The van der Waals surface area contributed by atoms with E-state index in [9.17, 15) is 8.78 Å². The van der Waals surface area contributed by atoms with Gasteiger partial charge in [-0.1, -0.05) is 5.16 Å². The topological polar surface area (TPSA) is 100 Å². The largest absolute Gasteiger partial charge is 0.493 e. The summed E-state index contributed by atoms with van der Waals surface area (Å²) >= 11 is 0. The van der Waals surface area contributed by atoms with Crippen LogP contribution < -0.4 is 14.8 Å². The number of hydrogen-bond donors (Lipinski definition) is 1. The van der Waals surface area contributed by atoms with Crippen molar-refractivity contribution >= 4 is 0 Å². The van der Waals surface area contributed by atoms with Crippen LogP contribution in [0.5, 0.6) is 11.5 Å². The quantitative estimate of drug-likeness (QED) is 0.683. The number of ether oxygens (including phenoxy) is 2. The molecule has 1 aliphatic rings. The molecule has 1 unspecified atom stereocenters. The lowest BCUT2D eigenvalue weighted by atomic mass is 10.1. The van der Waals surface area contributed by atoms with Gasteiger partial charge in [0, 0.05) is 12.1 Å². The van der Waals surface area contributed by atoms with Crippen LogP contribution in [0.3, 0.4) is 0 Å². The lowest BCUT2D eigenvalue weighted by molar-refractivity contribution is -0.0512. The summed E-state index contributed by atoms with van der Waals surface area (Å²) in [5.74, 6) is 0.814. The van der Waals surface area contributed by atoms with Gasteiger partial charge in [-0.15, -0.1) is 5.10 Å². The van der Waals surface area contributed by atoms with Crippen molar-refractivity contribution in [2.45, 2.75) is 25.5 Å². The summed E-state index contributed by atoms with van der Waals surface area (Å²) in [7, 11) is 1.36. The predicted octanol–water partition coefficient (Wildman–Crippen LogP) is 2.53. The van der Waals surface area contributed by atoms with Gasteiger partial charge >= 0.3 is 6.61 Å². The third-order valence-electron chi connectivity index (χ3n) is 4.41. The van der Waals surface area contributed by atoms with Crippen molar-refractivity contribution in [3.05, 3.63) is 24.5 Å². The highest BCUT2D eigenvalue weighted by molar-refractivity contribution is 5.62. The molecule has 1 atom stereocenters. The second-order valence-corrected chi connectivity index (χ2v) is 6.22. The van der Waals surface area contributed by atoms with Crippen LogP contribution in [0.15, 0.2) is 29.0 Å². The Morgan fingerprint density at radius 2 is 2.18 bits per heavy atom. The Bertz CT molecular complexity index is 939. The minimum atomic E-state index is -2.95. The molecular weight excluding hydrogens is 374 g/mol. The Kier molecular flexibility index (Phi) is 5.15. The van der Waals surface area contributed by atoms with Gasteiger partial charge in [-0.05, 0) is 37.6 Å². The smallest absolute Gasteiger partial charge is 0.387 e. The van der Waals surface area contributed by atoms with Crippen LogP contribution in [0.2, 0.25) is 0 Å². The molecule has 0 saturated carbocycles. The average molecular weight is 392 g/mol. The van der Waals surface area contributed by atoms with E-state index in [0.29, 0.717) is 11.4 Å². The monoisotopic (exact) mass is 392 g/mol. The molecule has 1 N–H and O–H groups in total. The molecular formula is C17H18F2N6O3. The van der Waals surface area contributed by atoms with Gasteiger partial charge in [0.15, 0.2) is 11.5 Å². The fourth-order valence-corrected chi connectivity index (χ4v) is 3.04. The van der Waals surface area contributed by atoms with E-state index in [1.54, 1.807) is 11.0 Å². The Hall–Kier alpha value is -3.08. The van der Waals surface area contributed by atoms with Gasteiger partial charge in [0.25, 0.3) is 5.89 Å². The number of halogens is 2. The zero-order valence-electron chi connectivity index (χ0n) is 15.0. The zero-order chi connectivity index (χ0) is 19.5. The number of hydrogen-bond acceptors (Lipinski definition) is 8. The van der Waals surface area contributed by atoms with Gasteiger partial charge in [0.2, 0.25) is 11.6 Å². The summed E-state index contributed by atoms with van der Waals surface area (Å²) < 4.78 is 41.5. The zero-order valence-corrected chi connectivity index (χ0v) is 15.0. The van der Waals surface area contributed by atoms with Crippen molar-refractivity contribution in [2.24, 2.45) is 0 Å². The summed E-state index contributed by atoms with van der Waals surface area (Å²) in [4.78, 5) is 8.55. The van der Waals surface area contributed by atoms with Crippen LogP contribution in [0.1, 0.15) is 18.9 Å². The molecule has 0 amide bonds. The first-order valence-electron chi connectivity index (χ1n) is 8.73. The fraction of sp³-hybridized carbons (Fsp3) is 0.412. The summed E-state index contributed by atoms with van der Waals surface area (Å²) in [6.07, 6.45) is 3.76. The van der Waals surface area contributed by atoms with Crippen molar-refractivity contribution in [3.8, 4) is 34.6 Å². The lowest BCUT2D eigenvalue weighted by Gasteiger charge is -2.22. The molecule has 28 heavy (non-hydrogen) atoms. The third kappa shape index (κ3) is 3.79. The molecule has 4 rings (SSSR count). The number of alkyl halides is 2. The molecule has 1 saturated heterocycles. The van der Waals surface area contributed by atoms with Gasteiger partial charge in [-0.25, -0.2) is 9.67 Å². The molecule has 3 aromatic rings. The number of methoxy groups -OCH3 is 1. The van der Waals surface area contributed by atoms with Crippen LogP contribution in [-0.4, -0.2) is 51.7 Å². The van der Waals surface area contributed by atoms with Crippen LogP contribution >= 0.6 is 0 Å². The van der Waals surface area contributed by atoms with Crippen molar-refractivity contribution in [1.29, 1.82) is 0 Å². The van der Waals surface area contributed by atoms with Crippen molar-refractivity contribution < 1.29 is 22.8 Å². The third-order valence-corrected chi connectivity index (χ3v) is 4.41. The molecule has 9 nitrogen and oxygen atoms in total. The minimum absolute atomic E-state index is 0.0773. The summed E-state index contributed by atoms with van der Waals surface area (Å²) in [5, 5.41) is 11.7. The molecule has 1 fully saturated rings. The van der Waals surface area contributed by atoms with Crippen LogP contribution in [0.4, 0.5) is 8.78 Å². The van der Waals surface area contributed by atoms with Gasteiger partial charge < -0.3 is 19.3 Å². The van der Waals surface area contributed by atoms with Crippen molar-refractivity contribution in [2.75, 3.05) is 20.2 Å². The van der Waals surface area contributed by atoms with Crippen LogP contribution in [0, 0.1) is 0 Å². The first-order valence-corrected chi connectivity index (χ1v) is 8.73. The van der Waals surface area contributed by atoms with Gasteiger partial charge in [-0.3, -0.25) is 0 Å². The van der Waals surface area contributed by atoms with Crippen LogP contribution in [-0.2, 0) is 0 Å². The van der Waals surface area contributed by atoms with Gasteiger partial charge in [-0.2, -0.15) is 13.8 Å². The summed E-state index contributed by atoms with van der Waals surface area (Å²) in [5.41, 5.74) is 0.518. The van der Waals surface area contributed by atoms with E-state index >= 15 is 0 Å². The highest BCUT2D eigenvalue weighted by Crippen LogP contribution is 2.33. The average Bonchev–Trinajstić information content (AvgIpc) is 3.38. The maximum absolute atomic E-state index is 12.5. The van der Waals surface area contributed by atoms with E-state index in [4.69, 9.17) is 9.26 Å². The lowest BCUT2D eigenvalue weighted by Crippen LogP contribution is -2.31. The first-order chi connectivity index (χ1) is 13.6. The van der Waals surface area contributed by atoms with E-state index in [-0.39, 0.29) is 29.3 Å². The highest BCUT2D eigenvalue weighted by atomic mass is 19.3. The Morgan fingerprint density at radius 1 is 1.29 bits per heavy atom. The maximum atomic E-state index is 12.5. The van der Waals surface area contributed by atoms with Gasteiger partial charge in [0.1, 0.15) is 6.33 Å². The number of nitrogens with one attached hydrogen (secondary N) is 1. The predicted molar refractivity (Wildman–Crippen MR) is 93.1 cm³/mol. The summed E-state index contributed by atoms with van der Waals surface area (Å²) in [6.45, 7) is -1.10. The van der Waals surface area contributed by atoms with E-state index < -0.39 is 6.61 Å². The molecule has 2 aromatic heterocycles. The van der Waals surface area contributed by atoms with Gasteiger partial charge in [0.05, 0.1) is 13.2 Å². The second kappa shape index (κ2) is 7.89. The number of benzene rings is 1. The molecule has 0 radical (unpaired) electrons. The maximum Gasteiger partial charge on any atom is 0.387 e. The van der Waals surface area contributed by atoms with E-state index in [1.165, 1.54) is 25.3 Å². The Morgan fingerprint density at radius 3 is 2.93 bits per heavy atom. The number of aromatic nitrogens is 5. The second-order valence-electron chi connectivity index (χ2n) is 6.22. The number of piperidine rings is 1. The molecule has 0 bridgehead atoms. The molecule has 148 valence electrons. The normalized spacial score (nSPS) is 17.1. The Balaban J connectivity index is 1.55. The highest BCUT2D eigenvalue weighted by Gasteiger charge is 2.20. The molecule has 11 heteroatoms. The fourth-order valence-electron chi connectivity index (χ4n) is 3.04. The Labute approximate surface area is 158 Å². The first kappa shape index (κ1) is 18.3. The molecule has 1 aliphatic heterocycles. The SMILES string of the molecule is COc1cc(-c2noc(-c3ncn(C4CCCNC4)n3)n2)ccc1OC(F)F. The molecule has 3 heterocycles. The number of nitrogens with zero attached hydrogens (tertiary/aromatic N) is 5. The molecule has 0 aliphatic carbocycles. The van der Waals surface area contributed by atoms with E-state index in [0.717, 1.165) is 25.9 Å². The molecule has 1 aromatic carbocycles. The van der Waals surface area contributed by atoms with E-state index in [1.807, 2.05) is 0 Å². The minimum Gasteiger partial charge on any atom is -0.493 e. The molecule has 0 spiro atoms. The summed E-state index contributed by atoms with van der Waals surface area (Å²) in [6, 6.07) is 4.63. The number of rotatable bonds is 6.